The molecule has 0 fully saturated rings. The Morgan fingerprint density at radius 2 is 2.24 bits per heavy atom. The average molecular weight is 252 g/mol. The van der Waals surface area contributed by atoms with Crippen molar-refractivity contribution in [3.63, 3.8) is 0 Å². The first-order valence-corrected chi connectivity index (χ1v) is 6.13. The Morgan fingerprint density at radius 3 is 2.88 bits per heavy atom. The fourth-order valence-corrected chi connectivity index (χ4v) is 2.41. The summed E-state index contributed by atoms with van der Waals surface area (Å²) in [6, 6.07) is 4.69. The molecule has 2 N–H and O–H groups in total. The number of aryl methyl sites for hydroxylation is 1. The Labute approximate surface area is 103 Å². The standard InChI is InChI=1S/C11H13FN4S/c1-16-11(14-7-15-16)17-6-8-2-3-10(12)4-9(8)5-13/h2-4,7H,5-6,13H2,1H3. The van der Waals surface area contributed by atoms with Gasteiger partial charge in [0.05, 0.1) is 0 Å². The van der Waals surface area contributed by atoms with Gasteiger partial charge in [0.25, 0.3) is 0 Å². The molecule has 0 amide bonds. The molecule has 17 heavy (non-hydrogen) atoms. The van der Waals surface area contributed by atoms with Crippen LogP contribution in [0.4, 0.5) is 4.39 Å². The number of hydrogen-bond acceptors (Lipinski definition) is 4. The van der Waals surface area contributed by atoms with E-state index in [-0.39, 0.29) is 5.82 Å². The van der Waals surface area contributed by atoms with Crippen LogP contribution >= 0.6 is 11.8 Å². The summed E-state index contributed by atoms with van der Waals surface area (Å²) in [5.74, 6) is 0.456. The van der Waals surface area contributed by atoms with Gasteiger partial charge in [0.2, 0.25) is 0 Å². The zero-order valence-corrected chi connectivity index (χ0v) is 10.2. The fraction of sp³-hybridized carbons (Fsp3) is 0.273. The molecule has 4 nitrogen and oxygen atoms in total. The van der Waals surface area contributed by atoms with E-state index >= 15 is 0 Å². The number of thioether (sulfide) groups is 1. The van der Waals surface area contributed by atoms with E-state index in [0.717, 1.165) is 16.3 Å². The molecule has 2 rings (SSSR count). The predicted octanol–water partition coefficient (Wildman–Crippen LogP) is 1.71. The first kappa shape index (κ1) is 12.1. The maximum absolute atomic E-state index is 13.0. The smallest absolute Gasteiger partial charge is 0.186 e. The summed E-state index contributed by atoms with van der Waals surface area (Å²) >= 11 is 1.55. The topological polar surface area (TPSA) is 56.7 Å². The molecule has 1 heterocycles. The molecular weight excluding hydrogens is 239 g/mol. The van der Waals surface area contributed by atoms with E-state index in [1.54, 1.807) is 22.5 Å². The quantitative estimate of drug-likeness (QED) is 0.842. The van der Waals surface area contributed by atoms with Crippen LogP contribution in [0, 0.1) is 5.82 Å². The van der Waals surface area contributed by atoms with Crippen molar-refractivity contribution in [3.8, 4) is 0 Å². The predicted molar refractivity (Wildman–Crippen MR) is 64.9 cm³/mol. The molecule has 0 saturated heterocycles. The van der Waals surface area contributed by atoms with Crippen molar-refractivity contribution < 1.29 is 4.39 Å². The number of hydrogen-bond donors (Lipinski definition) is 1. The Morgan fingerprint density at radius 1 is 1.41 bits per heavy atom. The van der Waals surface area contributed by atoms with Crippen molar-refractivity contribution >= 4 is 11.8 Å². The lowest BCUT2D eigenvalue weighted by atomic mass is 10.1. The van der Waals surface area contributed by atoms with Gasteiger partial charge < -0.3 is 5.73 Å². The molecule has 0 aliphatic rings. The molecule has 0 saturated carbocycles. The van der Waals surface area contributed by atoms with Crippen molar-refractivity contribution in [3.05, 3.63) is 41.5 Å². The molecular formula is C11H13FN4S. The third kappa shape index (κ3) is 2.83. The maximum Gasteiger partial charge on any atom is 0.186 e. The summed E-state index contributed by atoms with van der Waals surface area (Å²) in [5.41, 5.74) is 7.45. The summed E-state index contributed by atoms with van der Waals surface area (Å²) in [5, 5.41) is 4.82. The van der Waals surface area contributed by atoms with E-state index in [0.29, 0.717) is 12.3 Å². The van der Waals surface area contributed by atoms with Gasteiger partial charge in [0.1, 0.15) is 12.1 Å². The second-order valence-corrected chi connectivity index (χ2v) is 4.51. The zero-order valence-electron chi connectivity index (χ0n) is 9.43. The lowest BCUT2D eigenvalue weighted by molar-refractivity contribution is 0.624. The van der Waals surface area contributed by atoms with Crippen LogP contribution in [0.3, 0.4) is 0 Å². The molecule has 6 heteroatoms. The normalized spacial score (nSPS) is 10.8. The molecule has 0 atom stereocenters. The molecule has 1 aromatic carbocycles. The van der Waals surface area contributed by atoms with Crippen molar-refractivity contribution in [1.82, 2.24) is 14.8 Å². The second-order valence-electron chi connectivity index (χ2n) is 3.57. The van der Waals surface area contributed by atoms with E-state index in [1.165, 1.54) is 18.5 Å². The van der Waals surface area contributed by atoms with Gasteiger partial charge in [-0.05, 0) is 23.3 Å². The first-order chi connectivity index (χ1) is 8.20. The highest BCUT2D eigenvalue weighted by Gasteiger charge is 2.06. The number of benzene rings is 1. The van der Waals surface area contributed by atoms with E-state index < -0.39 is 0 Å². The largest absolute Gasteiger partial charge is 0.326 e. The monoisotopic (exact) mass is 252 g/mol. The number of rotatable bonds is 4. The van der Waals surface area contributed by atoms with Gasteiger partial charge >= 0.3 is 0 Å². The molecule has 0 unspecified atom stereocenters. The Balaban J connectivity index is 2.11. The minimum Gasteiger partial charge on any atom is -0.326 e. The van der Waals surface area contributed by atoms with Crippen molar-refractivity contribution in [1.29, 1.82) is 0 Å². The van der Waals surface area contributed by atoms with Gasteiger partial charge in [-0.25, -0.2) is 14.1 Å². The Bertz CT molecular complexity index is 512. The van der Waals surface area contributed by atoms with Crippen molar-refractivity contribution in [2.75, 3.05) is 0 Å². The summed E-state index contributed by atoms with van der Waals surface area (Å²) in [6.45, 7) is 0.340. The SMILES string of the molecule is Cn1ncnc1SCc1ccc(F)cc1CN. The minimum atomic E-state index is -0.252. The lowest BCUT2D eigenvalue weighted by Crippen LogP contribution is -2.02. The summed E-state index contributed by atoms with van der Waals surface area (Å²) in [4.78, 5) is 4.11. The van der Waals surface area contributed by atoms with Gasteiger partial charge in [0.15, 0.2) is 5.16 Å². The highest BCUT2D eigenvalue weighted by atomic mass is 32.2. The van der Waals surface area contributed by atoms with E-state index in [1.807, 2.05) is 7.05 Å². The summed E-state index contributed by atoms with van der Waals surface area (Å²) in [7, 11) is 1.84. The van der Waals surface area contributed by atoms with Crippen LogP contribution in [-0.2, 0) is 19.3 Å². The Kier molecular flexibility index (Phi) is 3.75. The summed E-state index contributed by atoms with van der Waals surface area (Å²) < 4.78 is 14.7. The highest BCUT2D eigenvalue weighted by Crippen LogP contribution is 2.22. The highest BCUT2D eigenvalue weighted by molar-refractivity contribution is 7.98. The van der Waals surface area contributed by atoms with Crippen molar-refractivity contribution in [2.45, 2.75) is 17.5 Å². The third-order valence-electron chi connectivity index (χ3n) is 2.41. The molecule has 0 spiro atoms. The van der Waals surface area contributed by atoms with Crippen LogP contribution in [0.5, 0.6) is 0 Å². The molecule has 90 valence electrons. The number of halogens is 1. The third-order valence-corrected chi connectivity index (χ3v) is 3.50. The number of aromatic nitrogens is 3. The molecule has 0 bridgehead atoms. The molecule has 0 aliphatic heterocycles. The zero-order chi connectivity index (χ0) is 12.3. The van der Waals surface area contributed by atoms with E-state index in [2.05, 4.69) is 10.1 Å². The van der Waals surface area contributed by atoms with Crippen LogP contribution < -0.4 is 5.73 Å². The second kappa shape index (κ2) is 5.29. The minimum absolute atomic E-state index is 0.252. The molecule has 0 radical (unpaired) electrons. The average Bonchev–Trinajstić information content (AvgIpc) is 2.73. The van der Waals surface area contributed by atoms with E-state index in [9.17, 15) is 4.39 Å². The van der Waals surface area contributed by atoms with Gasteiger partial charge in [-0.2, -0.15) is 5.10 Å². The van der Waals surface area contributed by atoms with Gasteiger partial charge in [-0.15, -0.1) is 0 Å². The fourth-order valence-electron chi connectivity index (χ4n) is 1.48. The number of nitrogens with two attached hydrogens (primary N) is 1. The van der Waals surface area contributed by atoms with Gasteiger partial charge in [0, 0.05) is 19.3 Å². The molecule has 0 aliphatic carbocycles. The maximum atomic E-state index is 13.0. The molecule has 2 aromatic rings. The van der Waals surface area contributed by atoms with Gasteiger partial charge in [-0.1, -0.05) is 17.8 Å². The van der Waals surface area contributed by atoms with Gasteiger partial charge in [-0.3, -0.25) is 0 Å². The van der Waals surface area contributed by atoms with Crippen LogP contribution in [0.1, 0.15) is 11.1 Å². The van der Waals surface area contributed by atoms with E-state index in [4.69, 9.17) is 5.73 Å². The first-order valence-electron chi connectivity index (χ1n) is 5.15. The Hall–Kier alpha value is -1.40. The molecule has 1 aromatic heterocycles. The lowest BCUT2D eigenvalue weighted by Gasteiger charge is -2.07. The van der Waals surface area contributed by atoms with Crippen LogP contribution in [0.2, 0.25) is 0 Å². The van der Waals surface area contributed by atoms with Crippen LogP contribution in [0.25, 0.3) is 0 Å². The van der Waals surface area contributed by atoms with Crippen LogP contribution in [0.15, 0.2) is 29.7 Å². The van der Waals surface area contributed by atoms with Crippen LogP contribution in [-0.4, -0.2) is 14.8 Å². The summed E-state index contributed by atoms with van der Waals surface area (Å²) in [6.07, 6.45) is 1.51. The number of nitrogens with zero attached hydrogens (tertiary/aromatic N) is 3. The van der Waals surface area contributed by atoms with Crippen molar-refractivity contribution in [2.24, 2.45) is 12.8 Å².